The SMILES string of the molecule is Cc1cc(C)n2ccc(C(=O)Nc3cccc(-c4ccccc4)c3)c2n1.Cc1cc(C)n2ccc(C(=O)Nc3cccc(CC(=O)Oc4ccccc4)c3)c2n1.Cc1cc(C)n2ccc(C(=O)Nc3cccc(CCC(=O)ON4C(=O)CCC4=O)c3)c2n1.Cc1ccc(OC(=O)Cc2cccc(NC(=O)c3ccn4c(C)cc(C)nc34)c2)cc1. The summed E-state index contributed by atoms with van der Waals surface area (Å²) >= 11 is 0. The number of para-hydroxylation sites is 1. The number of benzene rings is 7. The Balaban J connectivity index is 0.000000138. The lowest BCUT2D eigenvalue weighted by atomic mass is 10.1. The van der Waals surface area contributed by atoms with Crippen LogP contribution in [0.3, 0.4) is 0 Å². The van der Waals surface area contributed by atoms with Gasteiger partial charge in [0.05, 0.1) is 41.5 Å². The average Bonchev–Trinajstić information content (AvgIpc) is 1.67. The van der Waals surface area contributed by atoms with Crippen LogP contribution in [-0.4, -0.2) is 96.0 Å². The monoisotopic (exact) mass is 1590 g/mol. The molecule has 0 spiro atoms. The normalized spacial score (nSPS) is 11.6. The van der Waals surface area contributed by atoms with Gasteiger partial charge in [-0.25, -0.2) is 24.7 Å². The lowest BCUT2D eigenvalue weighted by Crippen LogP contribution is -2.32. The van der Waals surface area contributed by atoms with Gasteiger partial charge in [0.15, 0.2) is 0 Å². The van der Waals surface area contributed by atoms with Gasteiger partial charge in [-0.2, -0.15) is 0 Å². The van der Waals surface area contributed by atoms with Gasteiger partial charge in [-0.3, -0.25) is 38.4 Å². The third kappa shape index (κ3) is 20.6. The van der Waals surface area contributed by atoms with E-state index in [1.807, 2.05) is 226 Å². The summed E-state index contributed by atoms with van der Waals surface area (Å²) in [6.45, 7) is 17.5. The molecule has 0 aliphatic carbocycles. The van der Waals surface area contributed by atoms with Crippen molar-refractivity contribution in [2.45, 2.75) is 101 Å². The zero-order valence-electron chi connectivity index (χ0n) is 66.9. The molecule has 16 rings (SSSR count). The average molecular weight is 1590 g/mol. The molecular formula is C94H85N13O12. The van der Waals surface area contributed by atoms with E-state index in [-0.39, 0.29) is 67.7 Å². The van der Waals surface area contributed by atoms with Crippen molar-refractivity contribution in [1.82, 2.24) is 42.6 Å². The van der Waals surface area contributed by atoms with Crippen LogP contribution in [0, 0.1) is 62.3 Å². The molecule has 8 aromatic heterocycles. The van der Waals surface area contributed by atoms with Crippen LogP contribution in [0.5, 0.6) is 11.5 Å². The second kappa shape index (κ2) is 36.9. The zero-order valence-corrected chi connectivity index (χ0v) is 66.9. The highest BCUT2D eigenvalue weighted by Gasteiger charge is 2.33. The minimum Gasteiger partial charge on any atom is -0.426 e. The number of ether oxygens (including phenoxy) is 2. The number of hydrogen-bond acceptors (Lipinski definition) is 16. The maximum Gasteiger partial charge on any atom is 0.333 e. The topological polar surface area (TPSA) is 302 Å². The van der Waals surface area contributed by atoms with Gasteiger partial charge >= 0.3 is 17.9 Å². The van der Waals surface area contributed by atoms with Crippen molar-refractivity contribution < 1.29 is 57.5 Å². The van der Waals surface area contributed by atoms with Crippen molar-refractivity contribution in [3.63, 3.8) is 0 Å². The number of hydroxylamine groups is 2. The Morgan fingerprint density at radius 3 is 1.05 bits per heavy atom. The van der Waals surface area contributed by atoms with Crippen molar-refractivity contribution in [3.8, 4) is 22.6 Å². The van der Waals surface area contributed by atoms with Crippen LogP contribution in [-0.2, 0) is 48.1 Å². The highest BCUT2D eigenvalue weighted by atomic mass is 16.7. The van der Waals surface area contributed by atoms with Crippen LogP contribution in [0.25, 0.3) is 33.7 Å². The molecule has 0 unspecified atom stereocenters. The van der Waals surface area contributed by atoms with E-state index in [1.54, 1.807) is 97.1 Å². The van der Waals surface area contributed by atoms with Gasteiger partial charge in [0, 0.05) is 106 Å². The molecule has 0 saturated carbocycles. The van der Waals surface area contributed by atoms with E-state index in [0.717, 1.165) is 84.6 Å². The smallest absolute Gasteiger partial charge is 0.333 e. The number of fused-ring (bicyclic) bond motifs is 4. The molecule has 7 aromatic carbocycles. The Morgan fingerprint density at radius 2 is 0.664 bits per heavy atom. The summed E-state index contributed by atoms with van der Waals surface area (Å²) < 4.78 is 18.3. The minimum absolute atomic E-state index is 0.0128. The molecule has 119 heavy (non-hydrogen) atoms. The molecule has 598 valence electrons. The van der Waals surface area contributed by atoms with Crippen molar-refractivity contribution >= 4 is 98.7 Å². The molecule has 1 aliphatic rings. The summed E-state index contributed by atoms with van der Waals surface area (Å²) in [5.74, 6) is -2.33. The molecule has 1 saturated heterocycles. The van der Waals surface area contributed by atoms with E-state index < -0.39 is 17.8 Å². The molecule has 4 N–H and O–H groups in total. The zero-order chi connectivity index (χ0) is 84.0. The molecule has 6 amide bonds. The summed E-state index contributed by atoms with van der Waals surface area (Å²) in [5, 5.41) is 12.2. The number of aryl methyl sites for hydroxylation is 10. The van der Waals surface area contributed by atoms with Crippen molar-refractivity contribution in [2.24, 2.45) is 0 Å². The summed E-state index contributed by atoms with van der Waals surface area (Å²) in [6.07, 6.45) is 8.00. The molecular weight excluding hydrogens is 1500 g/mol. The van der Waals surface area contributed by atoms with Gasteiger partial charge in [-0.1, -0.05) is 115 Å². The quantitative estimate of drug-likeness (QED) is 0.0332. The molecule has 0 radical (unpaired) electrons. The first-order valence-corrected chi connectivity index (χ1v) is 38.4. The Labute approximate surface area is 685 Å². The van der Waals surface area contributed by atoms with E-state index in [0.29, 0.717) is 84.9 Å². The van der Waals surface area contributed by atoms with Gasteiger partial charge in [-0.15, -0.1) is 5.06 Å². The van der Waals surface area contributed by atoms with E-state index in [1.165, 1.54) is 0 Å². The summed E-state index contributed by atoms with van der Waals surface area (Å²) in [7, 11) is 0. The molecule has 9 heterocycles. The van der Waals surface area contributed by atoms with Crippen LogP contribution < -0.4 is 30.7 Å². The molecule has 0 bridgehead atoms. The first-order valence-electron chi connectivity index (χ1n) is 38.4. The number of nitrogens with one attached hydrogen (secondary N) is 4. The fourth-order valence-electron chi connectivity index (χ4n) is 13.6. The molecule has 1 aliphatic heterocycles. The highest BCUT2D eigenvalue weighted by Crippen LogP contribution is 2.27. The summed E-state index contributed by atoms with van der Waals surface area (Å²) in [4.78, 5) is 134. The number of esters is 2. The number of hydrogen-bond donors (Lipinski definition) is 4. The first-order chi connectivity index (χ1) is 57.3. The Hall–Kier alpha value is -15.3. The van der Waals surface area contributed by atoms with Gasteiger partial charge in [0.2, 0.25) is 0 Å². The van der Waals surface area contributed by atoms with Crippen molar-refractivity contribution in [1.29, 1.82) is 0 Å². The number of amides is 6. The highest BCUT2D eigenvalue weighted by molar-refractivity contribution is 6.11. The molecule has 25 nitrogen and oxygen atoms in total. The van der Waals surface area contributed by atoms with E-state index in [2.05, 4.69) is 53.3 Å². The minimum atomic E-state index is -0.667. The fraction of sp³-hybridized carbons (Fsp3) is 0.160. The van der Waals surface area contributed by atoms with Gasteiger partial charge in [0.25, 0.3) is 35.4 Å². The Morgan fingerprint density at radius 1 is 0.336 bits per heavy atom. The molecule has 25 heteroatoms. The van der Waals surface area contributed by atoms with Crippen molar-refractivity contribution in [3.05, 3.63) is 345 Å². The van der Waals surface area contributed by atoms with Gasteiger partial charge < -0.3 is 53.2 Å². The lowest BCUT2D eigenvalue weighted by molar-refractivity contribution is -0.197. The van der Waals surface area contributed by atoms with E-state index in [4.69, 9.17) is 14.3 Å². The number of nitrogens with zero attached hydrogens (tertiary/aromatic N) is 9. The van der Waals surface area contributed by atoms with Gasteiger partial charge in [0.1, 0.15) is 34.1 Å². The number of anilines is 4. The fourth-order valence-corrected chi connectivity index (χ4v) is 13.6. The maximum atomic E-state index is 12.9. The number of carbonyl (C=O) groups excluding carboxylic acids is 9. The second-order valence-electron chi connectivity index (χ2n) is 28.7. The van der Waals surface area contributed by atoms with Gasteiger partial charge in [-0.05, 0) is 218 Å². The van der Waals surface area contributed by atoms with E-state index in [9.17, 15) is 43.2 Å². The van der Waals surface area contributed by atoms with Crippen LogP contribution in [0.4, 0.5) is 22.7 Å². The van der Waals surface area contributed by atoms with E-state index >= 15 is 0 Å². The van der Waals surface area contributed by atoms with Crippen LogP contribution >= 0.6 is 0 Å². The summed E-state index contributed by atoms with van der Waals surface area (Å²) in [5.41, 5.74) is 20.2. The Bertz CT molecular complexity index is 6370. The molecule has 15 aromatic rings. The first kappa shape index (κ1) is 81.7. The number of rotatable bonds is 19. The van der Waals surface area contributed by atoms with Crippen LogP contribution in [0.2, 0.25) is 0 Å². The predicted molar refractivity (Wildman–Crippen MR) is 453 cm³/mol. The van der Waals surface area contributed by atoms with Crippen molar-refractivity contribution in [2.75, 3.05) is 21.3 Å². The largest absolute Gasteiger partial charge is 0.426 e. The number of imide groups is 1. The predicted octanol–water partition coefficient (Wildman–Crippen LogP) is 16.6. The Kier molecular flexibility index (Phi) is 25.3. The maximum absolute atomic E-state index is 12.9. The molecule has 0 atom stereocenters. The second-order valence-corrected chi connectivity index (χ2v) is 28.7. The third-order valence-electron chi connectivity index (χ3n) is 19.3. The summed E-state index contributed by atoms with van der Waals surface area (Å²) in [6, 6.07) is 70.6. The standard InChI is InChI=1S/C25H23N3O3.C24H21N3O3.C23H22N4O5.C22H19N3O/c1-16-7-9-21(10-8-16)31-23(29)15-19-5-4-6-20(14-19)27-25(30)22-11-12-28-18(3)13-17(2)26-24(22)28;1-16-13-17(2)27-12-11-21(23(27)25-16)24(29)26-19-8-6-7-18(14-19)15-22(28)30-20-9-4-3-5-10-20;1-14-12-15(2)26-11-10-18(22(26)24-14)23(31)25-17-5-3-4-16(13-17)6-9-21(30)32-27-19(28)7-8-20(27)29;1-15-13-16(2)25-12-11-20(21(25)23-15)22(26)24-19-10-6-9-18(14-19)17-7-4-3-5-8-17/h4-14H,15H2,1-3H3,(H,27,30);3-14H,15H2,1-2H3,(H,26,29);3-5,10-13H,6-9H2,1-2H3,(H,25,31);3-14H,1-2H3,(H,24,26). The van der Waals surface area contributed by atoms with Crippen LogP contribution in [0.1, 0.15) is 128 Å². The van der Waals surface area contributed by atoms with Crippen LogP contribution in [0.15, 0.2) is 255 Å². The number of carbonyl (C=O) groups is 9. The lowest BCUT2D eigenvalue weighted by Gasteiger charge is -2.12. The number of aromatic nitrogens is 8. The molecule has 1 fully saturated rings. The third-order valence-corrected chi connectivity index (χ3v) is 19.3.